The molecular formula is C21H26O6. The number of aliphatic hydroxyl groups is 2. The van der Waals surface area contributed by atoms with E-state index in [1.165, 1.54) is 0 Å². The van der Waals surface area contributed by atoms with E-state index in [0.29, 0.717) is 6.42 Å². The van der Waals surface area contributed by atoms with Crippen molar-refractivity contribution in [2.24, 2.45) is 28.6 Å². The zero-order valence-electron chi connectivity index (χ0n) is 15.6. The molecule has 4 rings (SSSR count). The van der Waals surface area contributed by atoms with Crippen LogP contribution in [0.1, 0.15) is 46.0 Å². The van der Waals surface area contributed by atoms with Gasteiger partial charge in [-0.2, -0.15) is 0 Å². The summed E-state index contributed by atoms with van der Waals surface area (Å²) in [5, 5.41) is 31.4. The van der Waals surface area contributed by atoms with Gasteiger partial charge in [0.1, 0.15) is 5.60 Å². The molecule has 0 aromatic carbocycles. The third-order valence-corrected chi connectivity index (χ3v) is 8.22. The molecule has 146 valence electrons. The highest BCUT2D eigenvalue weighted by Crippen LogP contribution is 2.67. The van der Waals surface area contributed by atoms with Crippen molar-refractivity contribution in [1.82, 2.24) is 0 Å². The van der Waals surface area contributed by atoms with Gasteiger partial charge in [-0.1, -0.05) is 25.5 Å². The van der Waals surface area contributed by atoms with Crippen LogP contribution in [0.4, 0.5) is 0 Å². The Labute approximate surface area is 158 Å². The molecule has 4 aliphatic rings. The first-order chi connectivity index (χ1) is 12.5. The van der Waals surface area contributed by atoms with Crippen LogP contribution in [0, 0.1) is 28.6 Å². The minimum atomic E-state index is -1.94. The van der Waals surface area contributed by atoms with Crippen molar-refractivity contribution < 1.29 is 29.7 Å². The van der Waals surface area contributed by atoms with Crippen LogP contribution in [0.3, 0.4) is 0 Å². The second-order valence-electron chi connectivity index (χ2n) is 9.24. The highest BCUT2D eigenvalue weighted by atomic mass is 16.4. The normalized spacial score (nSPS) is 48.3. The van der Waals surface area contributed by atoms with E-state index >= 15 is 0 Å². The maximum atomic E-state index is 12.3. The fourth-order valence-corrected chi connectivity index (χ4v) is 6.88. The topological polar surface area (TPSA) is 112 Å². The molecule has 0 radical (unpaired) electrons. The molecule has 0 heterocycles. The Bertz CT molecular complexity index is 796. The Hall–Kier alpha value is -1.79. The van der Waals surface area contributed by atoms with E-state index in [1.807, 2.05) is 13.0 Å². The SMILES string of the molecule is C[C@]12C=CC(=O)C=C1CC[C@@H]1[C@@H]2[C@@H](O)C[C@@]2(C)[C@H]1CCC2(O)C(=O)C(=O)O. The van der Waals surface area contributed by atoms with Crippen molar-refractivity contribution in [3.8, 4) is 0 Å². The summed E-state index contributed by atoms with van der Waals surface area (Å²) in [4.78, 5) is 35.5. The summed E-state index contributed by atoms with van der Waals surface area (Å²) >= 11 is 0. The second-order valence-corrected chi connectivity index (χ2v) is 9.24. The van der Waals surface area contributed by atoms with Crippen molar-refractivity contribution in [3.05, 3.63) is 23.8 Å². The first kappa shape index (κ1) is 18.6. The average molecular weight is 374 g/mol. The monoisotopic (exact) mass is 374 g/mol. The van der Waals surface area contributed by atoms with E-state index in [1.54, 1.807) is 19.1 Å². The first-order valence-corrected chi connectivity index (χ1v) is 9.67. The van der Waals surface area contributed by atoms with Crippen molar-refractivity contribution >= 4 is 17.5 Å². The first-order valence-electron chi connectivity index (χ1n) is 9.67. The number of carboxylic acid groups (broad SMARTS) is 1. The van der Waals surface area contributed by atoms with Gasteiger partial charge in [0.25, 0.3) is 5.78 Å². The highest BCUT2D eigenvalue weighted by Gasteiger charge is 2.69. The molecule has 0 amide bonds. The number of rotatable bonds is 2. The van der Waals surface area contributed by atoms with Gasteiger partial charge >= 0.3 is 5.97 Å². The van der Waals surface area contributed by atoms with Crippen LogP contribution < -0.4 is 0 Å². The zero-order valence-corrected chi connectivity index (χ0v) is 15.6. The molecule has 27 heavy (non-hydrogen) atoms. The number of carboxylic acids is 1. The number of allylic oxidation sites excluding steroid dienone is 4. The zero-order chi connectivity index (χ0) is 19.8. The summed E-state index contributed by atoms with van der Waals surface area (Å²) in [5.41, 5.74) is -2.29. The Kier molecular flexibility index (Phi) is 3.86. The molecule has 3 fully saturated rings. The Morgan fingerprint density at radius 2 is 1.93 bits per heavy atom. The van der Waals surface area contributed by atoms with E-state index in [9.17, 15) is 29.7 Å². The predicted molar refractivity (Wildman–Crippen MR) is 95.6 cm³/mol. The van der Waals surface area contributed by atoms with E-state index in [2.05, 4.69) is 0 Å². The van der Waals surface area contributed by atoms with Gasteiger partial charge in [0.15, 0.2) is 5.78 Å². The van der Waals surface area contributed by atoms with Crippen molar-refractivity contribution in [2.45, 2.75) is 57.7 Å². The van der Waals surface area contributed by atoms with Crippen molar-refractivity contribution in [2.75, 3.05) is 0 Å². The quantitative estimate of drug-likeness (QED) is 0.634. The standard InChI is InChI=1S/C21H26O6/c1-19-7-5-12(22)9-11(19)3-4-13-14-6-8-21(27,17(24)18(25)26)20(14,2)10-15(23)16(13)19/h5,7,9,13-16,23,27H,3-4,6,8,10H2,1-2H3,(H,25,26)/t13-,14-,15-,16+,19-,20-,21?/m0/s1. The van der Waals surface area contributed by atoms with Crippen LogP contribution in [0.15, 0.2) is 23.8 Å². The molecule has 0 bridgehead atoms. The Balaban J connectivity index is 1.75. The number of hydrogen-bond acceptors (Lipinski definition) is 5. The largest absolute Gasteiger partial charge is 0.475 e. The van der Waals surface area contributed by atoms with Gasteiger partial charge < -0.3 is 15.3 Å². The summed E-state index contributed by atoms with van der Waals surface area (Å²) in [6.07, 6.45) is 6.71. The molecule has 0 saturated heterocycles. The summed E-state index contributed by atoms with van der Waals surface area (Å²) in [6, 6.07) is 0. The lowest BCUT2D eigenvalue weighted by atomic mass is 9.46. The number of carbonyl (C=O) groups excluding carboxylic acids is 2. The van der Waals surface area contributed by atoms with Crippen LogP contribution in [-0.2, 0) is 14.4 Å². The molecule has 3 N–H and O–H groups in total. The number of aliphatic hydroxyl groups excluding tert-OH is 1. The van der Waals surface area contributed by atoms with Gasteiger partial charge in [0.2, 0.25) is 0 Å². The van der Waals surface area contributed by atoms with E-state index in [0.717, 1.165) is 18.4 Å². The van der Waals surface area contributed by atoms with Gasteiger partial charge in [-0.25, -0.2) is 4.79 Å². The lowest BCUT2D eigenvalue weighted by Crippen LogP contribution is -2.62. The molecule has 7 atom stereocenters. The number of Topliss-reactive ketones (excluding diaryl/α,β-unsaturated/α-hetero) is 1. The Morgan fingerprint density at radius 3 is 2.59 bits per heavy atom. The molecular weight excluding hydrogens is 348 g/mol. The Morgan fingerprint density at radius 1 is 1.22 bits per heavy atom. The smallest absolute Gasteiger partial charge is 0.375 e. The molecule has 1 unspecified atom stereocenters. The number of fused-ring (bicyclic) bond motifs is 5. The fourth-order valence-electron chi connectivity index (χ4n) is 6.88. The number of carbonyl (C=O) groups is 3. The summed E-state index contributed by atoms with van der Waals surface area (Å²) < 4.78 is 0. The molecule has 6 nitrogen and oxygen atoms in total. The van der Waals surface area contributed by atoms with Crippen LogP contribution in [0.25, 0.3) is 0 Å². The van der Waals surface area contributed by atoms with Gasteiger partial charge in [-0.05, 0) is 56.1 Å². The van der Waals surface area contributed by atoms with Crippen LogP contribution in [0.2, 0.25) is 0 Å². The van der Waals surface area contributed by atoms with Crippen molar-refractivity contribution in [3.63, 3.8) is 0 Å². The molecule has 3 saturated carbocycles. The summed E-state index contributed by atoms with van der Waals surface area (Å²) in [6.45, 7) is 3.81. The van der Waals surface area contributed by atoms with Crippen LogP contribution in [0.5, 0.6) is 0 Å². The van der Waals surface area contributed by atoms with Gasteiger partial charge in [0.05, 0.1) is 6.10 Å². The maximum absolute atomic E-state index is 12.3. The maximum Gasteiger partial charge on any atom is 0.375 e. The third kappa shape index (κ3) is 2.23. The van der Waals surface area contributed by atoms with E-state index in [-0.39, 0.29) is 36.4 Å². The second kappa shape index (κ2) is 5.61. The summed E-state index contributed by atoms with van der Waals surface area (Å²) in [7, 11) is 0. The van der Waals surface area contributed by atoms with Crippen molar-refractivity contribution in [1.29, 1.82) is 0 Å². The minimum Gasteiger partial charge on any atom is -0.475 e. The lowest BCUT2D eigenvalue weighted by Gasteiger charge is -2.59. The number of ketones is 2. The highest BCUT2D eigenvalue weighted by molar-refractivity contribution is 6.36. The molecule has 6 heteroatoms. The predicted octanol–water partition coefficient (Wildman–Crippen LogP) is 1.65. The third-order valence-electron chi connectivity index (χ3n) is 8.22. The minimum absolute atomic E-state index is 0.0293. The number of hydrogen-bond donors (Lipinski definition) is 3. The molecule has 0 aromatic heterocycles. The molecule has 0 spiro atoms. The number of aliphatic carboxylic acids is 1. The molecule has 0 aliphatic heterocycles. The van der Waals surface area contributed by atoms with Gasteiger partial charge in [0, 0.05) is 16.7 Å². The fraction of sp³-hybridized carbons (Fsp3) is 0.667. The molecule has 0 aromatic rings. The van der Waals surface area contributed by atoms with Gasteiger partial charge in [-0.3, -0.25) is 9.59 Å². The van der Waals surface area contributed by atoms with E-state index in [4.69, 9.17) is 0 Å². The van der Waals surface area contributed by atoms with Gasteiger partial charge in [-0.15, -0.1) is 0 Å². The van der Waals surface area contributed by atoms with Crippen LogP contribution >= 0.6 is 0 Å². The molecule has 4 aliphatic carbocycles. The lowest BCUT2D eigenvalue weighted by molar-refractivity contribution is -0.183. The average Bonchev–Trinajstić information content (AvgIpc) is 2.86. The summed E-state index contributed by atoms with van der Waals surface area (Å²) in [5.74, 6) is -2.90. The van der Waals surface area contributed by atoms with E-state index < -0.39 is 34.3 Å². The van der Waals surface area contributed by atoms with Crippen LogP contribution in [-0.4, -0.2) is 44.6 Å².